The van der Waals surface area contributed by atoms with E-state index in [1.54, 1.807) is 36.4 Å². The van der Waals surface area contributed by atoms with Crippen LogP contribution in [-0.4, -0.2) is 55.7 Å². The number of ether oxygens (including phenoxy) is 2. The van der Waals surface area contributed by atoms with E-state index in [1.807, 2.05) is 26.0 Å². The largest absolute Gasteiger partial charge is 0.494 e. The minimum Gasteiger partial charge on any atom is -0.494 e. The molecule has 0 bridgehead atoms. The highest BCUT2D eigenvalue weighted by molar-refractivity contribution is 6.22. The van der Waals surface area contributed by atoms with Crippen LogP contribution in [0.2, 0.25) is 0 Å². The molecule has 8 nitrogen and oxygen atoms in total. The molecular weight excluding hydrogens is 410 g/mol. The Bertz CT molecular complexity index is 943. The van der Waals surface area contributed by atoms with Crippen molar-refractivity contribution in [3.8, 4) is 5.75 Å². The smallest absolute Gasteiger partial charge is 0.332 e. The Labute approximate surface area is 188 Å². The van der Waals surface area contributed by atoms with E-state index in [0.717, 1.165) is 22.6 Å². The number of rotatable bonds is 10. The summed E-state index contributed by atoms with van der Waals surface area (Å²) in [6.07, 6.45) is 0.760. The van der Waals surface area contributed by atoms with E-state index in [1.165, 1.54) is 12.0 Å². The van der Waals surface area contributed by atoms with Crippen LogP contribution in [-0.2, 0) is 14.3 Å². The molecule has 2 aromatic carbocycles. The van der Waals surface area contributed by atoms with Gasteiger partial charge in [-0.15, -0.1) is 0 Å². The van der Waals surface area contributed by atoms with Gasteiger partial charge in [0.2, 0.25) is 5.91 Å². The Hall–Kier alpha value is -3.39. The molecule has 4 amide bonds. The number of carbonyl (C=O) groups is 3. The summed E-state index contributed by atoms with van der Waals surface area (Å²) < 4.78 is 10.6. The summed E-state index contributed by atoms with van der Waals surface area (Å²) in [5.41, 5.74) is 2.10. The summed E-state index contributed by atoms with van der Waals surface area (Å²) in [7, 11) is 1.52. The lowest BCUT2D eigenvalue weighted by molar-refractivity contribution is -0.124. The van der Waals surface area contributed by atoms with Crippen LogP contribution in [0.4, 0.5) is 16.2 Å². The first-order valence-electron chi connectivity index (χ1n) is 10.7. The Balaban J connectivity index is 1.72. The first kappa shape index (κ1) is 23.3. The summed E-state index contributed by atoms with van der Waals surface area (Å²) >= 11 is 0. The summed E-state index contributed by atoms with van der Waals surface area (Å²) in [6.45, 7) is 5.05. The van der Waals surface area contributed by atoms with Crippen molar-refractivity contribution in [3.63, 3.8) is 0 Å². The Morgan fingerprint density at radius 3 is 2.34 bits per heavy atom. The van der Waals surface area contributed by atoms with Crippen LogP contribution in [0.1, 0.15) is 25.3 Å². The molecule has 0 saturated carbocycles. The number of benzene rings is 2. The second kappa shape index (κ2) is 10.8. The normalized spacial score (nSPS) is 15.9. The van der Waals surface area contributed by atoms with Crippen LogP contribution in [0.25, 0.3) is 0 Å². The lowest BCUT2D eigenvalue weighted by atomic mass is 10.1. The summed E-state index contributed by atoms with van der Waals surface area (Å²) in [5, 5.41) is 2.79. The molecule has 32 heavy (non-hydrogen) atoms. The van der Waals surface area contributed by atoms with E-state index in [9.17, 15) is 14.4 Å². The quantitative estimate of drug-likeness (QED) is 0.572. The average Bonchev–Trinajstić information content (AvgIpc) is 3.01. The van der Waals surface area contributed by atoms with Crippen LogP contribution in [0.15, 0.2) is 48.5 Å². The van der Waals surface area contributed by atoms with Gasteiger partial charge in [-0.05, 0) is 49.7 Å². The Morgan fingerprint density at radius 1 is 1.03 bits per heavy atom. The number of methoxy groups -OCH3 is 1. The van der Waals surface area contributed by atoms with E-state index >= 15 is 0 Å². The highest BCUT2D eigenvalue weighted by atomic mass is 16.5. The predicted molar refractivity (Wildman–Crippen MR) is 122 cm³/mol. The minimum atomic E-state index is -0.897. The van der Waals surface area contributed by atoms with Crippen LogP contribution < -0.4 is 15.0 Å². The van der Waals surface area contributed by atoms with Crippen molar-refractivity contribution in [2.75, 3.05) is 37.1 Å². The predicted octanol–water partition coefficient (Wildman–Crippen LogP) is 3.60. The van der Waals surface area contributed by atoms with Gasteiger partial charge in [-0.25, -0.2) is 9.69 Å². The van der Waals surface area contributed by atoms with Gasteiger partial charge in [-0.2, -0.15) is 0 Å². The topological polar surface area (TPSA) is 88.2 Å². The molecule has 1 atom stereocenters. The maximum absolute atomic E-state index is 13.1. The maximum atomic E-state index is 13.1. The van der Waals surface area contributed by atoms with E-state index < -0.39 is 18.0 Å². The second-order valence-electron chi connectivity index (χ2n) is 7.62. The van der Waals surface area contributed by atoms with Crippen molar-refractivity contribution < 1.29 is 23.9 Å². The van der Waals surface area contributed by atoms with Gasteiger partial charge < -0.3 is 19.7 Å². The van der Waals surface area contributed by atoms with Crippen molar-refractivity contribution in [2.24, 2.45) is 0 Å². The van der Waals surface area contributed by atoms with Crippen molar-refractivity contribution in [1.29, 1.82) is 0 Å². The van der Waals surface area contributed by atoms with Crippen LogP contribution >= 0.6 is 0 Å². The molecular formula is C24H29N3O5. The van der Waals surface area contributed by atoms with E-state index in [0.29, 0.717) is 18.0 Å². The fourth-order valence-electron chi connectivity index (χ4n) is 3.45. The molecule has 1 aliphatic rings. The Kier molecular flexibility index (Phi) is 7.83. The number of aryl methyl sites for hydroxylation is 1. The van der Waals surface area contributed by atoms with Crippen molar-refractivity contribution in [2.45, 2.75) is 32.7 Å². The summed E-state index contributed by atoms with van der Waals surface area (Å²) in [5.74, 6) is -0.0548. The first-order valence-corrected chi connectivity index (χ1v) is 10.7. The SMILES string of the molecule is CCCOc1ccc(NC(=O)C[C@@H]2C(=O)N(c3ccc(C)cc3)C(=O)N2CCOC)cc1. The Morgan fingerprint density at radius 2 is 1.72 bits per heavy atom. The number of hydrogen-bond acceptors (Lipinski definition) is 5. The third-order valence-corrected chi connectivity index (χ3v) is 5.14. The molecule has 170 valence electrons. The van der Waals surface area contributed by atoms with E-state index in [-0.39, 0.29) is 25.5 Å². The molecule has 1 saturated heterocycles. The zero-order valence-electron chi connectivity index (χ0n) is 18.7. The average molecular weight is 440 g/mol. The van der Waals surface area contributed by atoms with Gasteiger partial charge in [0.15, 0.2) is 0 Å². The van der Waals surface area contributed by atoms with Crippen LogP contribution in [0.5, 0.6) is 5.75 Å². The van der Waals surface area contributed by atoms with Gasteiger partial charge in [0.25, 0.3) is 5.91 Å². The van der Waals surface area contributed by atoms with Crippen molar-refractivity contribution in [3.05, 3.63) is 54.1 Å². The molecule has 1 N–H and O–H groups in total. The van der Waals surface area contributed by atoms with Gasteiger partial charge in [-0.1, -0.05) is 24.6 Å². The van der Waals surface area contributed by atoms with Gasteiger partial charge in [0, 0.05) is 19.3 Å². The summed E-state index contributed by atoms with van der Waals surface area (Å²) in [6, 6.07) is 12.8. The number of anilines is 2. The monoisotopic (exact) mass is 439 g/mol. The number of nitrogens with zero attached hydrogens (tertiary/aromatic N) is 2. The molecule has 3 rings (SSSR count). The highest BCUT2D eigenvalue weighted by Crippen LogP contribution is 2.27. The highest BCUT2D eigenvalue weighted by Gasteiger charge is 2.46. The first-order chi connectivity index (χ1) is 15.4. The number of nitrogens with one attached hydrogen (secondary N) is 1. The molecule has 1 heterocycles. The number of imide groups is 1. The molecule has 8 heteroatoms. The zero-order chi connectivity index (χ0) is 23.1. The molecule has 2 aromatic rings. The van der Waals surface area contributed by atoms with Gasteiger partial charge in [-0.3, -0.25) is 9.59 Å². The van der Waals surface area contributed by atoms with Gasteiger partial charge in [0.05, 0.1) is 25.3 Å². The minimum absolute atomic E-state index is 0.148. The lowest BCUT2D eigenvalue weighted by Gasteiger charge is -2.21. The maximum Gasteiger partial charge on any atom is 0.332 e. The van der Waals surface area contributed by atoms with Crippen molar-refractivity contribution >= 4 is 29.2 Å². The van der Waals surface area contributed by atoms with Crippen molar-refractivity contribution in [1.82, 2.24) is 4.90 Å². The number of urea groups is 1. The second-order valence-corrected chi connectivity index (χ2v) is 7.62. The lowest BCUT2D eigenvalue weighted by Crippen LogP contribution is -2.39. The number of amides is 4. The molecule has 0 spiro atoms. The fraction of sp³-hybridized carbons (Fsp3) is 0.375. The number of hydrogen-bond donors (Lipinski definition) is 1. The third kappa shape index (κ3) is 5.45. The third-order valence-electron chi connectivity index (χ3n) is 5.14. The molecule has 1 aliphatic heterocycles. The fourth-order valence-corrected chi connectivity index (χ4v) is 3.45. The van der Waals surface area contributed by atoms with Gasteiger partial charge >= 0.3 is 6.03 Å². The standard InChI is InChI=1S/C24H29N3O5/c1-4-14-32-20-11-7-18(8-12-20)25-22(28)16-21-23(29)27(19-9-5-17(2)6-10-19)24(30)26(21)13-15-31-3/h5-12,21H,4,13-16H2,1-3H3,(H,25,28)/t21-/m1/s1. The zero-order valence-corrected chi connectivity index (χ0v) is 18.7. The molecule has 1 fully saturated rings. The molecule has 0 aromatic heterocycles. The van der Waals surface area contributed by atoms with Crippen LogP contribution in [0, 0.1) is 6.92 Å². The van der Waals surface area contributed by atoms with Crippen LogP contribution in [0.3, 0.4) is 0 Å². The molecule has 0 unspecified atom stereocenters. The van der Waals surface area contributed by atoms with E-state index in [4.69, 9.17) is 9.47 Å². The van der Waals surface area contributed by atoms with E-state index in [2.05, 4.69) is 5.32 Å². The summed E-state index contributed by atoms with van der Waals surface area (Å²) in [4.78, 5) is 41.4. The molecule has 0 radical (unpaired) electrons. The van der Waals surface area contributed by atoms with Gasteiger partial charge in [0.1, 0.15) is 11.8 Å². The molecule has 0 aliphatic carbocycles. The number of carbonyl (C=O) groups excluding carboxylic acids is 3.